The molecular weight excluding hydrogens is 408 g/mol. The number of nitrogens with zero attached hydrogens (tertiary/aromatic N) is 2. The van der Waals surface area contributed by atoms with Gasteiger partial charge in [-0.05, 0) is 36.2 Å². The second-order valence-corrected chi connectivity index (χ2v) is 7.80. The van der Waals surface area contributed by atoms with Crippen molar-refractivity contribution in [2.45, 2.75) is 38.0 Å². The molecule has 5 rings (SSSR count). The molecule has 0 amide bonds. The van der Waals surface area contributed by atoms with Crippen LogP contribution < -0.4 is 10.3 Å². The molecule has 1 N–H and O–H groups in total. The Hall–Kier alpha value is -2.90. The minimum atomic E-state index is -1.84. The summed E-state index contributed by atoms with van der Waals surface area (Å²) in [6.45, 7) is 1.85. The number of esters is 1. The zero-order valence-corrected chi connectivity index (χ0v) is 17.2. The van der Waals surface area contributed by atoms with Crippen molar-refractivity contribution in [3.05, 3.63) is 56.9 Å². The average Bonchev–Trinajstić information content (AvgIpc) is 3.13. The van der Waals surface area contributed by atoms with E-state index in [1.165, 1.54) is 0 Å². The Morgan fingerprint density at radius 2 is 2.10 bits per heavy atom. The number of cyclic esters (lactones) is 1. The molecule has 0 spiro atoms. The smallest absolute Gasteiger partial charge is 0.343 e. The van der Waals surface area contributed by atoms with Gasteiger partial charge in [-0.25, -0.2) is 9.78 Å². The summed E-state index contributed by atoms with van der Waals surface area (Å²) in [4.78, 5) is 30.3. The number of rotatable bonds is 3. The number of carbonyl (C=O) groups is 1. The van der Waals surface area contributed by atoms with Crippen LogP contribution in [0.4, 0.5) is 0 Å². The molecule has 0 aliphatic carbocycles. The molecule has 1 atom stereocenters. The van der Waals surface area contributed by atoms with Gasteiger partial charge in [0.05, 0.1) is 36.1 Å². The lowest BCUT2D eigenvalue weighted by atomic mass is 9.86. The summed E-state index contributed by atoms with van der Waals surface area (Å²) in [5.74, 6) is 0.208. The van der Waals surface area contributed by atoms with Gasteiger partial charge in [0, 0.05) is 22.4 Å². The van der Waals surface area contributed by atoms with E-state index in [1.807, 2.05) is 18.2 Å². The summed E-state index contributed by atoms with van der Waals surface area (Å²) in [6, 6.07) is 7.26. The molecule has 30 heavy (non-hydrogen) atoms. The van der Waals surface area contributed by atoms with E-state index in [0.29, 0.717) is 34.8 Å². The molecule has 0 bridgehead atoms. The predicted molar refractivity (Wildman–Crippen MR) is 111 cm³/mol. The van der Waals surface area contributed by atoms with Crippen LogP contribution in [0.25, 0.3) is 22.3 Å². The number of pyridine rings is 2. The first-order valence-corrected chi connectivity index (χ1v) is 10.2. The number of aromatic nitrogens is 2. The molecule has 0 saturated carbocycles. The Labute approximate surface area is 176 Å². The van der Waals surface area contributed by atoms with Crippen LogP contribution in [0.1, 0.15) is 35.6 Å². The minimum Gasteiger partial charge on any atom is -0.497 e. The quantitative estimate of drug-likeness (QED) is 0.400. The minimum absolute atomic E-state index is 0.104. The molecule has 7 nitrogen and oxygen atoms in total. The van der Waals surface area contributed by atoms with Gasteiger partial charge in [0.2, 0.25) is 0 Å². The Morgan fingerprint density at radius 3 is 2.80 bits per heavy atom. The number of ether oxygens (including phenoxy) is 2. The van der Waals surface area contributed by atoms with Gasteiger partial charge in [-0.2, -0.15) is 0 Å². The summed E-state index contributed by atoms with van der Waals surface area (Å²) in [7, 11) is 1.60. The second kappa shape index (κ2) is 6.55. The number of alkyl halides is 1. The van der Waals surface area contributed by atoms with Crippen LogP contribution in [0, 0.1) is 0 Å². The standard InChI is InChI=1S/C22H19ClN2O5/c1-3-22(28)16-7-18-19-14(9-25(18)20(26)15(16)10-30-21(22)27)13(8-23)12-6-11(29-2)4-5-17(12)24-19/h4-7,28H,3,8-10H2,1-2H3/t22-/m0/s1. The lowest BCUT2D eigenvalue weighted by molar-refractivity contribution is -0.172. The highest BCUT2D eigenvalue weighted by Gasteiger charge is 2.45. The molecule has 1 aromatic carbocycles. The Balaban J connectivity index is 1.81. The van der Waals surface area contributed by atoms with Gasteiger partial charge < -0.3 is 19.1 Å². The summed E-state index contributed by atoms with van der Waals surface area (Å²) in [5.41, 5.74) is 2.15. The van der Waals surface area contributed by atoms with Crippen LogP contribution in [0.5, 0.6) is 5.75 Å². The Bertz CT molecular complexity index is 1300. The van der Waals surface area contributed by atoms with Gasteiger partial charge in [0.15, 0.2) is 5.60 Å². The first-order valence-electron chi connectivity index (χ1n) is 9.65. The fourth-order valence-corrected chi connectivity index (χ4v) is 4.73. The molecule has 8 heteroatoms. The van der Waals surface area contributed by atoms with Gasteiger partial charge in [-0.1, -0.05) is 6.92 Å². The maximum absolute atomic E-state index is 13.3. The summed E-state index contributed by atoms with van der Waals surface area (Å²) >= 11 is 6.32. The highest BCUT2D eigenvalue weighted by atomic mass is 35.5. The second-order valence-electron chi connectivity index (χ2n) is 7.54. The molecule has 4 heterocycles. The highest BCUT2D eigenvalue weighted by molar-refractivity contribution is 6.18. The summed E-state index contributed by atoms with van der Waals surface area (Å²) < 4.78 is 12.1. The summed E-state index contributed by atoms with van der Waals surface area (Å²) in [5, 5.41) is 11.8. The van der Waals surface area contributed by atoms with Crippen molar-refractivity contribution in [2.75, 3.05) is 7.11 Å². The molecule has 0 unspecified atom stereocenters. The molecular formula is C22H19ClN2O5. The van der Waals surface area contributed by atoms with Crippen LogP contribution in [0.3, 0.4) is 0 Å². The van der Waals surface area contributed by atoms with Gasteiger partial charge >= 0.3 is 5.97 Å². The van der Waals surface area contributed by atoms with Crippen molar-refractivity contribution >= 4 is 28.5 Å². The third-order valence-electron chi connectivity index (χ3n) is 6.15. The fraction of sp³-hybridized carbons (Fsp3) is 0.318. The van der Waals surface area contributed by atoms with Gasteiger partial charge in [0.25, 0.3) is 5.56 Å². The lowest BCUT2D eigenvalue weighted by Crippen LogP contribution is -2.44. The molecule has 2 aliphatic heterocycles. The lowest BCUT2D eigenvalue weighted by Gasteiger charge is -2.31. The van der Waals surface area contributed by atoms with Crippen LogP contribution in [0.2, 0.25) is 0 Å². The van der Waals surface area contributed by atoms with Crippen LogP contribution >= 0.6 is 11.6 Å². The van der Waals surface area contributed by atoms with Gasteiger partial charge in [0.1, 0.15) is 12.4 Å². The van der Waals surface area contributed by atoms with Crippen molar-refractivity contribution < 1.29 is 19.4 Å². The number of halogens is 1. The fourth-order valence-electron chi connectivity index (χ4n) is 4.42. The van der Waals surface area contributed by atoms with Crippen LogP contribution in [-0.2, 0) is 34.2 Å². The number of methoxy groups -OCH3 is 1. The van der Waals surface area contributed by atoms with Crippen molar-refractivity contribution in [1.29, 1.82) is 0 Å². The monoisotopic (exact) mass is 426 g/mol. The molecule has 0 saturated heterocycles. The topological polar surface area (TPSA) is 90.7 Å². The SMILES string of the molecule is CC[C@@]1(O)C(=O)OCc2c1cc1n(c2=O)Cc2c-1nc1ccc(OC)cc1c2CCl. The van der Waals surface area contributed by atoms with E-state index >= 15 is 0 Å². The Kier molecular flexibility index (Phi) is 4.17. The third kappa shape index (κ3) is 2.39. The van der Waals surface area contributed by atoms with E-state index in [-0.39, 0.29) is 24.5 Å². The molecule has 2 aromatic heterocycles. The zero-order chi connectivity index (χ0) is 21.2. The van der Waals surface area contributed by atoms with E-state index in [9.17, 15) is 14.7 Å². The molecule has 2 aliphatic rings. The maximum Gasteiger partial charge on any atom is 0.343 e. The van der Waals surface area contributed by atoms with E-state index in [1.54, 1.807) is 24.7 Å². The number of fused-ring (bicyclic) bond motifs is 5. The van der Waals surface area contributed by atoms with E-state index in [0.717, 1.165) is 22.0 Å². The predicted octanol–water partition coefficient (Wildman–Crippen LogP) is 2.83. The van der Waals surface area contributed by atoms with E-state index in [4.69, 9.17) is 26.1 Å². The van der Waals surface area contributed by atoms with Crippen molar-refractivity contribution in [1.82, 2.24) is 9.55 Å². The number of hydrogen-bond acceptors (Lipinski definition) is 6. The van der Waals surface area contributed by atoms with Crippen molar-refractivity contribution in [3.8, 4) is 17.1 Å². The average molecular weight is 427 g/mol. The Morgan fingerprint density at radius 1 is 1.30 bits per heavy atom. The maximum atomic E-state index is 13.3. The van der Waals surface area contributed by atoms with Crippen LogP contribution in [-0.4, -0.2) is 27.7 Å². The number of hydrogen-bond donors (Lipinski definition) is 1. The molecule has 154 valence electrons. The normalized spacial score (nSPS) is 19.3. The zero-order valence-electron chi connectivity index (χ0n) is 16.5. The third-order valence-corrected chi connectivity index (χ3v) is 6.41. The summed E-state index contributed by atoms with van der Waals surface area (Å²) in [6.07, 6.45) is 0.104. The van der Waals surface area contributed by atoms with Crippen molar-refractivity contribution in [2.24, 2.45) is 0 Å². The number of benzene rings is 1. The van der Waals surface area contributed by atoms with Gasteiger partial charge in [-0.3, -0.25) is 4.79 Å². The first kappa shape index (κ1) is 19.1. The van der Waals surface area contributed by atoms with E-state index in [2.05, 4.69) is 0 Å². The largest absolute Gasteiger partial charge is 0.497 e. The first-order chi connectivity index (χ1) is 14.4. The van der Waals surface area contributed by atoms with E-state index < -0.39 is 11.6 Å². The number of aliphatic hydroxyl groups is 1. The van der Waals surface area contributed by atoms with Crippen LogP contribution in [0.15, 0.2) is 29.1 Å². The van der Waals surface area contributed by atoms with Crippen molar-refractivity contribution in [3.63, 3.8) is 0 Å². The highest BCUT2D eigenvalue weighted by Crippen LogP contribution is 2.40. The number of carbonyl (C=O) groups excluding carboxylic acids is 1. The molecule has 0 radical (unpaired) electrons. The molecule has 3 aromatic rings. The van der Waals surface area contributed by atoms with Gasteiger partial charge in [-0.15, -0.1) is 11.6 Å². The molecule has 0 fully saturated rings.